The number of anilines is 6. The van der Waals surface area contributed by atoms with Crippen molar-refractivity contribution >= 4 is 52.0 Å². The summed E-state index contributed by atoms with van der Waals surface area (Å²) in [7, 11) is 0. The average Bonchev–Trinajstić information content (AvgIpc) is 3.03. The zero-order valence-electron chi connectivity index (χ0n) is 21.8. The maximum atomic E-state index is 6.85. The lowest BCUT2D eigenvalue weighted by Crippen LogP contribution is -2.56. The lowest BCUT2D eigenvalue weighted by molar-refractivity contribution is 0.590. The van der Waals surface area contributed by atoms with E-state index in [1.54, 1.807) is 0 Å². The van der Waals surface area contributed by atoms with Gasteiger partial charge in [-0.1, -0.05) is 84.9 Å². The number of fused-ring (bicyclic) bond motifs is 4. The minimum atomic E-state index is -0.167. The Bertz CT molecular complexity index is 1800. The molecule has 188 valence electrons. The van der Waals surface area contributed by atoms with E-state index in [0.717, 1.165) is 45.4 Å². The van der Waals surface area contributed by atoms with E-state index in [0.29, 0.717) is 0 Å². The Morgan fingerprint density at radius 2 is 1.12 bits per heavy atom. The summed E-state index contributed by atoms with van der Waals surface area (Å²) >= 11 is 0. The van der Waals surface area contributed by atoms with E-state index in [4.69, 9.17) is 4.65 Å². The van der Waals surface area contributed by atoms with Crippen molar-refractivity contribution in [1.29, 1.82) is 0 Å². The minimum absolute atomic E-state index is 0.167. The molecular weight excluding hydrogens is 487 g/mol. The maximum absolute atomic E-state index is 6.85. The third-order valence-corrected chi connectivity index (χ3v) is 7.85. The van der Waals surface area contributed by atoms with Gasteiger partial charge in [-0.05, 0) is 77.8 Å². The zero-order chi connectivity index (χ0) is 26.5. The first-order chi connectivity index (χ1) is 19.9. The molecule has 0 amide bonds. The van der Waals surface area contributed by atoms with Crippen molar-refractivity contribution in [2.45, 2.75) is 0 Å². The van der Waals surface area contributed by atoms with Gasteiger partial charge >= 0.3 is 6.92 Å². The van der Waals surface area contributed by atoms with Crippen LogP contribution in [0.2, 0.25) is 0 Å². The Balaban J connectivity index is 1.33. The van der Waals surface area contributed by atoms with Crippen LogP contribution in [0.25, 0.3) is 11.1 Å². The predicted molar refractivity (Wildman–Crippen MR) is 167 cm³/mol. The molecule has 0 aromatic heterocycles. The largest absolute Gasteiger partial charge is 0.551 e. The van der Waals surface area contributed by atoms with Gasteiger partial charge in [0.05, 0.1) is 0 Å². The second kappa shape index (κ2) is 9.21. The molecular formula is C36H25BN2O. The lowest BCUT2D eigenvalue weighted by Gasteiger charge is -2.39. The molecule has 6 aromatic rings. The van der Waals surface area contributed by atoms with Gasteiger partial charge in [0.25, 0.3) is 0 Å². The van der Waals surface area contributed by atoms with Crippen LogP contribution in [0.15, 0.2) is 152 Å². The molecule has 0 aliphatic carbocycles. The molecule has 0 bridgehead atoms. The number of rotatable bonds is 4. The van der Waals surface area contributed by atoms with Crippen LogP contribution in [0.1, 0.15) is 0 Å². The van der Waals surface area contributed by atoms with E-state index in [9.17, 15) is 0 Å². The summed E-state index contributed by atoms with van der Waals surface area (Å²) in [5.41, 5.74) is 11.5. The molecule has 2 aliphatic rings. The minimum Gasteiger partial charge on any atom is -0.551 e. The summed E-state index contributed by atoms with van der Waals surface area (Å²) in [6.07, 6.45) is 0. The van der Waals surface area contributed by atoms with Crippen molar-refractivity contribution in [1.82, 2.24) is 0 Å². The number of hydrogen-bond donors (Lipinski definition) is 0. The van der Waals surface area contributed by atoms with Gasteiger partial charge in [-0.25, -0.2) is 0 Å². The van der Waals surface area contributed by atoms with Gasteiger partial charge in [0.2, 0.25) is 0 Å². The van der Waals surface area contributed by atoms with Crippen LogP contribution in [0.3, 0.4) is 0 Å². The molecule has 0 saturated heterocycles. The molecule has 0 radical (unpaired) electrons. The molecule has 0 atom stereocenters. The highest BCUT2D eigenvalue weighted by Gasteiger charge is 2.42. The maximum Gasteiger partial charge on any atom is 0.431 e. The fraction of sp³-hybridized carbons (Fsp3) is 0. The standard InChI is InChI=1S/C36H25BN2O/c1-4-13-26(14-5-1)38(27-15-6-2-7-16-27)29-23-24-35-31(25-29)30-19-12-22-34-36(30)37(40-35)32-20-10-11-21-33(32)39(34)28-17-8-3-9-18-28/h1-25H. The van der Waals surface area contributed by atoms with Gasteiger partial charge in [-0.2, -0.15) is 0 Å². The Hall–Kier alpha value is -5.22. The summed E-state index contributed by atoms with van der Waals surface area (Å²) in [6, 6.07) is 53.4. The van der Waals surface area contributed by atoms with E-state index in [-0.39, 0.29) is 6.92 Å². The van der Waals surface area contributed by atoms with E-state index < -0.39 is 0 Å². The number of para-hydroxylation sites is 4. The van der Waals surface area contributed by atoms with Gasteiger partial charge in [-0.15, -0.1) is 0 Å². The van der Waals surface area contributed by atoms with E-state index >= 15 is 0 Å². The van der Waals surface area contributed by atoms with Crippen LogP contribution in [-0.2, 0) is 0 Å². The Morgan fingerprint density at radius 3 is 1.85 bits per heavy atom. The molecule has 6 aromatic carbocycles. The highest BCUT2D eigenvalue weighted by Crippen LogP contribution is 2.45. The Kier molecular flexibility index (Phi) is 5.24. The first kappa shape index (κ1) is 22.7. The van der Waals surface area contributed by atoms with Crippen molar-refractivity contribution in [2.24, 2.45) is 0 Å². The zero-order valence-corrected chi connectivity index (χ0v) is 21.8. The molecule has 0 unspecified atom stereocenters. The first-order valence-electron chi connectivity index (χ1n) is 13.7. The summed E-state index contributed by atoms with van der Waals surface area (Å²) in [5, 5.41) is 0. The smallest absolute Gasteiger partial charge is 0.431 e. The third kappa shape index (κ3) is 3.54. The molecule has 0 fully saturated rings. The van der Waals surface area contributed by atoms with Crippen LogP contribution in [-0.4, -0.2) is 6.92 Å². The molecule has 3 nitrogen and oxygen atoms in total. The van der Waals surface area contributed by atoms with Gasteiger partial charge in [0.15, 0.2) is 0 Å². The molecule has 0 saturated carbocycles. The summed E-state index contributed by atoms with van der Waals surface area (Å²) < 4.78 is 6.85. The SMILES string of the molecule is c1ccc(N(c2ccccc2)c2ccc3c(c2)-c2cccc4c2B(O3)c2ccccc2N4c2ccccc2)cc1. The molecule has 2 aliphatic heterocycles. The van der Waals surface area contributed by atoms with Crippen molar-refractivity contribution < 1.29 is 4.65 Å². The van der Waals surface area contributed by atoms with Gasteiger partial charge in [-0.3, -0.25) is 0 Å². The van der Waals surface area contributed by atoms with Crippen LogP contribution < -0.4 is 25.4 Å². The lowest BCUT2D eigenvalue weighted by atomic mass is 9.49. The summed E-state index contributed by atoms with van der Waals surface area (Å²) in [5.74, 6) is 0.905. The van der Waals surface area contributed by atoms with Gasteiger partial charge in [0, 0.05) is 45.2 Å². The van der Waals surface area contributed by atoms with Crippen molar-refractivity contribution in [2.75, 3.05) is 9.80 Å². The van der Waals surface area contributed by atoms with E-state index in [2.05, 4.69) is 161 Å². The highest BCUT2D eigenvalue weighted by atomic mass is 16.4. The van der Waals surface area contributed by atoms with Crippen molar-refractivity contribution in [3.8, 4) is 16.9 Å². The molecule has 0 spiro atoms. The molecule has 0 N–H and O–H groups in total. The normalized spacial score (nSPS) is 12.6. The van der Waals surface area contributed by atoms with E-state index in [1.807, 2.05) is 0 Å². The molecule has 4 heteroatoms. The Labute approximate surface area is 234 Å². The first-order valence-corrected chi connectivity index (χ1v) is 13.7. The van der Waals surface area contributed by atoms with Crippen LogP contribution in [0.5, 0.6) is 5.75 Å². The number of nitrogens with zero attached hydrogens (tertiary/aromatic N) is 2. The molecule has 2 heterocycles. The van der Waals surface area contributed by atoms with Crippen LogP contribution in [0.4, 0.5) is 34.1 Å². The average molecular weight is 512 g/mol. The van der Waals surface area contributed by atoms with Gasteiger partial charge < -0.3 is 14.5 Å². The monoisotopic (exact) mass is 512 g/mol. The highest BCUT2D eigenvalue weighted by molar-refractivity contribution is 6.85. The van der Waals surface area contributed by atoms with Crippen molar-refractivity contribution in [3.63, 3.8) is 0 Å². The third-order valence-electron chi connectivity index (χ3n) is 7.85. The number of hydrogen-bond acceptors (Lipinski definition) is 3. The molecule has 40 heavy (non-hydrogen) atoms. The molecule has 8 rings (SSSR count). The van der Waals surface area contributed by atoms with Crippen LogP contribution in [0, 0.1) is 0 Å². The Morgan fingerprint density at radius 1 is 0.500 bits per heavy atom. The van der Waals surface area contributed by atoms with Crippen LogP contribution >= 0.6 is 0 Å². The van der Waals surface area contributed by atoms with Gasteiger partial charge in [0.1, 0.15) is 5.75 Å². The predicted octanol–water partition coefficient (Wildman–Crippen LogP) is 8.10. The summed E-state index contributed by atoms with van der Waals surface area (Å²) in [6.45, 7) is -0.167. The topological polar surface area (TPSA) is 15.7 Å². The fourth-order valence-corrected chi connectivity index (χ4v) is 6.13. The van der Waals surface area contributed by atoms with E-state index in [1.165, 1.54) is 16.5 Å². The second-order valence-electron chi connectivity index (χ2n) is 10.2. The second-order valence-corrected chi connectivity index (χ2v) is 10.2. The number of benzene rings is 6. The fourth-order valence-electron chi connectivity index (χ4n) is 6.13. The summed E-state index contributed by atoms with van der Waals surface area (Å²) in [4.78, 5) is 4.66. The van der Waals surface area contributed by atoms with Crippen molar-refractivity contribution in [3.05, 3.63) is 152 Å². The quantitative estimate of drug-likeness (QED) is 0.222.